The summed E-state index contributed by atoms with van der Waals surface area (Å²) < 4.78 is 0. The van der Waals surface area contributed by atoms with Gasteiger partial charge < -0.3 is 25.3 Å². The van der Waals surface area contributed by atoms with Crippen LogP contribution in [0.5, 0.6) is 5.75 Å². The highest BCUT2D eigenvalue weighted by atomic mass is 16.4. The lowest BCUT2D eigenvalue weighted by molar-refractivity contribution is -0.717. The van der Waals surface area contributed by atoms with Crippen molar-refractivity contribution in [3.05, 3.63) is 64.3 Å². The van der Waals surface area contributed by atoms with Gasteiger partial charge in [-0.1, -0.05) is 59.7 Å². The molecule has 5 nitrogen and oxygen atoms in total. The average Bonchev–Trinajstić information content (AvgIpc) is 3.04. The first-order valence-electron chi connectivity index (χ1n) is 10.9. The first-order chi connectivity index (χ1) is 14.4. The molecule has 2 aromatic carbocycles. The Morgan fingerprint density at radius 3 is 2.19 bits per heavy atom. The van der Waals surface area contributed by atoms with Gasteiger partial charge in [0.1, 0.15) is 11.8 Å². The van der Waals surface area contributed by atoms with Crippen molar-refractivity contribution in [1.82, 2.24) is 4.98 Å². The summed E-state index contributed by atoms with van der Waals surface area (Å²) in [5.41, 5.74) is 5.30. The van der Waals surface area contributed by atoms with Gasteiger partial charge in [-0.15, -0.1) is 0 Å². The van der Waals surface area contributed by atoms with Crippen molar-refractivity contribution in [2.45, 2.75) is 70.9 Å². The van der Waals surface area contributed by atoms with E-state index in [2.05, 4.69) is 46.5 Å². The number of aliphatic carboxylic acids is 1. The number of phenolic OH excluding ortho intramolecular Hbond substituents is 1. The van der Waals surface area contributed by atoms with Crippen molar-refractivity contribution < 1.29 is 20.3 Å². The number of H-pyrrole nitrogens is 1. The molecule has 1 aliphatic heterocycles. The Morgan fingerprint density at radius 2 is 1.65 bits per heavy atom. The summed E-state index contributed by atoms with van der Waals surface area (Å²) in [5.74, 6) is -0.723. The second-order valence-electron chi connectivity index (χ2n) is 10.8. The number of phenols is 1. The molecule has 31 heavy (non-hydrogen) atoms. The third kappa shape index (κ3) is 3.72. The van der Waals surface area contributed by atoms with Crippen LogP contribution in [0.3, 0.4) is 0 Å². The maximum Gasteiger partial charge on any atom is 0.153 e. The fourth-order valence-electron chi connectivity index (χ4n) is 4.74. The lowest BCUT2D eigenvalue weighted by atomic mass is 9.77. The van der Waals surface area contributed by atoms with Crippen molar-refractivity contribution >= 4 is 16.9 Å². The van der Waals surface area contributed by atoms with Crippen molar-refractivity contribution in [2.24, 2.45) is 0 Å². The fourth-order valence-corrected chi connectivity index (χ4v) is 4.74. The number of quaternary nitrogens is 1. The molecule has 0 spiro atoms. The number of carboxylic acid groups (broad SMARTS) is 1. The van der Waals surface area contributed by atoms with E-state index in [9.17, 15) is 15.0 Å². The van der Waals surface area contributed by atoms with E-state index in [4.69, 9.17) is 0 Å². The molecule has 2 heterocycles. The second-order valence-corrected chi connectivity index (χ2v) is 10.8. The number of aromatic amines is 1. The van der Waals surface area contributed by atoms with Crippen LogP contribution in [0, 0.1) is 0 Å². The number of fused-ring (bicyclic) bond motifs is 3. The minimum atomic E-state index is -1.05. The molecular weight excluding hydrogens is 388 g/mol. The van der Waals surface area contributed by atoms with Gasteiger partial charge in [-0.3, -0.25) is 0 Å². The summed E-state index contributed by atoms with van der Waals surface area (Å²) in [6, 6.07) is 11.2. The topological polar surface area (TPSA) is 92.8 Å². The van der Waals surface area contributed by atoms with Gasteiger partial charge in [-0.05, 0) is 34.6 Å². The van der Waals surface area contributed by atoms with Crippen LogP contribution in [0.25, 0.3) is 10.9 Å². The number of carboxylic acids is 1. The molecule has 0 fully saturated rings. The Hall–Kier alpha value is -2.79. The summed E-state index contributed by atoms with van der Waals surface area (Å²) >= 11 is 0. The lowest BCUT2D eigenvalue weighted by Crippen LogP contribution is -2.95. The van der Waals surface area contributed by atoms with Gasteiger partial charge in [-0.2, -0.15) is 0 Å². The maximum absolute atomic E-state index is 11.9. The number of carbonyl (C=O) groups excluding carboxylic acids is 1. The Balaban J connectivity index is 1.98. The van der Waals surface area contributed by atoms with Crippen molar-refractivity contribution in [2.75, 3.05) is 0 Å². The van der Waals surface area contributed by atoms with Crippen LogP contribution in [0.15, 0.2) is 36.4 Å². The zero-order chi connectivity index (χ0) is 22.7. The second kappa shape index (κ2) is 7.13. The van der Waals surface area contributed by atoms with Gasteiger partial charge >= 0.3 is 0 Å². The van der Waals surface area contributed by atoms with E-state index in [0.717, 1.165) is 38.9 Å². The predicted octanol–water partition coefficient (Wildman–Crippen LogP) is 2.80. The summed E-state index contributed by atoms with van der Waals surface area (Å²) in [6.45, 7) is 12.5. The summed E-state index contributed by atoms with van der Waals surface area (Å²) in [6.07, 6.45) is 0.425. The zero-order valence-electron chi connectivity index (χ0n) is 19.2. The minimum absolute atomic E-state index is 0.221. The number of hydrogen-bond acceptors (Lipinski definition) is 3. The monoisotopic (exact) mass is 420 g/mol. The molecule has 0 saturated carbocycles. The molecule has 4 rings (SSSR count). The van der Waals surface area contributed by atoms with Crippen LogP contribution in [-0.2, 0) is 22.0 Å². The van der Waals surface area contributed by atoms with Crippen molar-refractivity contribution in [3.63, 3.8) is 0 Å². The molecule has 1 aliphatic rings. The largest absolute Gasteiger partial charge is 0.544 e. The van der Waals surface area contributed by atoms with Gasteiger partial charge in [-0.25, -0.2) is 0 Å². The minimum Gasteiger partial charge on any atom is -0.544 e. The molecule has 5 heteroatoms. The molecule has 2 atom stereocenters. The Kier molecular flexibility index (Phi) is 4.93. The standard InChI is InChI=1S/C26H32N2O3/c1-25(2,3)17-11-14(12-18(23(17)29)26(4,5)6)21-22-16(13-20(28-21)24(30)31)15-9-7-8-10-19(15)27-22/h7-12,20-21,27-29H,13H2,1-6H3,(H,30,31)/t20-,21+/m0/s1. The number of rotatable bonds is 2. The van der Waals surface area contributed by atoms with Gasteiger partial charge in [0.25, 0.3) is 0 Å². The highest BCUT2D eigenvalue weighted by molar-refractivity contribution is 5.86. The first-order valence-corrected chi connectivity index (χ1v) is 10.9. The van der Waals surface area contributed by atoms with E-state index >= 15 is 0 Å². The van der Waals surface area contributed by atoms with E-state index in [1.165, 1.54) is 0 Å². The van der Waals surface area contributed by atoms with Crippen molar-refractivity contribution in [1.29, 1.82) is 0 Å². The molecule has 0 unspecified atom stereocenters. The van der Waals surface area contributed by atoms with Gasteiger partial charge in [0.2, 0.25) is 0 Å². The molecule has 0 amide bonds. The summed E-state index contributed by atoms with van der Waals surface area (Å²) in [7, 11) is 0. The van der Waals surface area contributed by atoms with Gasteiger partial charge in [0.05, 0.1) is 11.7 Å². The summed E-state index contributed by atoms with van der Waals surface area (Å²) in [4.78, 5) is 15.5. The average molecular weight is 421 g/mol. The predicted molar refractivity (Wildman–Crippen MR) is 120 cm³/mol. The third-order valence-corrected chi connectivity index (χ3v) is 6.42. The number of benzene rings is 2. The molecule has 1 aromatic heterocycles. The van der Waals surface area contributed by atoms with Crippen LogP contribution in [0.4, 0.5) is 0 Å². The molecule has 4 N–H and O–H groups in total. The van der Waals surface area contributed by atoms with Crippen LogP contribution >= 0.6 is 0 Å². The first kappa shape index (κ1) is 21.4. The van der Waals surface area contributed by atoms with E-state index in [-0.39, 0.29) is 16.9 Å². The van der Waals surface area contributed by atoms with Crippen LogP contribution < -0.4 is 10.4 Å². The molecule has 0 aliphatic carbocycles. The zero-order valence-corrected chi connectivity index (χ0v) is 19.2. The molecule has 0 saturated heterocycles. The summed E-state index contributed by atoms with van der Waals surface area (Å²) in [5, 5.41) is 26.0. The smallest absolute Gasteiger partial charge is 0.153 e. The Labute approximate surface area is 183 Å². The van der Waals surface area contributed by atoms with E-state index in [0.29, 0.717) is 12.2 Å². The Morgan fingerprint density at radius 1 is 1.06 bits per heavy atom. The van der Waals surface area contributed by atoms with Crippen LogP contribution in [-0.4, -0.2) is 22.1 Å². The molecule has 3 aromatic rings. The van der Waals surface area contributed by atoms with Crippen LogP contribution in [0.2, 0.25) is 0 Å². The van der Waals surface area contributed by atoms with E-state index < -0.39 is 12.0 Å². The molecule has 0 radical (unpaired) electrons. The van der Waals surface area contributed by atoms with Crippen molar-refractivity contribution in [3.8, 4) is 5.75 Å². The molecular formula is C26H32N2O3. The highest BCUT2D eigenvalue weighted by Crippen LogP contribution is 2.42. The number of nitrogens with one attached hydrogen (secondary N) is 1. The number of nitrogens with two attached hydrogens (primary N) is 1. The lowest BCUT2D eigenvalue weighted by Gasteiger charge is -2.32. The fraction of sp³-hybridized carbons (Fsp3) is 0.423. The quantitative estimate of drug-likeness (QED) is 0.595. The van der Waals surface area contributed by atoms with Gasteiger partial charge in [0, 0.05) is 34.0 Å². The van der Waals surface area contributed by atoms with E-state index in [1.54, 1.807) is 0 Å². The molecule has 0 bridgehead atoms. The SMILES string of the molecule is CC(C)(C)c1cc([C@H]2[NH2+][C@H](C(=O)[O-])Cc3c2[nH]c2ccccc32)cc(C(C)(C)C)c1O. The number of aromatic nitrogens is 1. The third-order valence-electron chi connectivity index (χ3n) is 6.42. The number of aromatic hydroxyl groups is 1. The normalized spacial score (nSPS) is 19.4. The number of para-hydroxylation sites is 1. The highest BCUT2D eigenvalue weighted by Gasteiger charge is 2.37. The molecule has 164 valence electrons. The number of hydrogen-bond donors (Lipinski definition) is 3. The Bertz CT molecular complexity index is 1130. The van der Waals surface area contributed by atoms with E-state index in [1.807, 2.05) is 41.7 Å². The van der Waals surface area contributed by atoms with Gasteiger partial charge in [0.15, 0.2) is 6.04 Å². The number of carbonyl (C=O) groups is 1. The maximum atomic E-state index is 11.9. The van der Waals surface area contributed by atoms with Crippen LogP contribution in [0.1, 0.15) is 75.5 Å².